The summed E-state index contributed by atoms with van der Waals surface area (Å²) < 4.78 is 40.3. The van der Waals surface area contributed by atoms with Gasteiger partial charge < -0.3 is 13.9 Å². The largest absolute Gasteiger partial charge is 0.481 e. The minimum Gasteiger partial charge on any atom is -0.481 e. The number of likely N-dealkylation sites (tertiary alicyclic amines) is 1. The number of aliphatic carboxylic acids is 1. The Morgan fingerprint density at radius 1 is 0.625 bits per heavy atom. The molecule has 0 unspecified atom stereocenters. The monoisotopic (exact) mass is 745 g/mol. The van der Waals surface area contributed by atoms with Gasteiger partial charge in [0.15, 0.2) is 6.29 Å². The maximum absolute atomic E-state index is 14.7. The van der Waals surface area contributed by atoms with Crippen LogP contribution in [0.15, 0.2) is 154 Å². The third kappa shape index (κ3) is 8.21. The molecule has 1 aliphatic rings. The average molecular weight is 746 g/mol. The van der Waals surface area contributed by atoms with E-state index in [0.29, 0.717) is 54.1 Å². The van der Waals surface area contributed by atoms with Gasteiger partial charge in [-0.05, 0) is 89.7 Å². The molecule has 1 N–H and O–H groups in total. The maximum Gasteiger partial charge on any atom is 0.309 e. The van der Waals surface area contributed by atoms with Crippen molar-refractivity contribution < 1.29 is 32.3 Å². The van der Waals surface area contributed by atoms with Crippen LogP contribution in [0.4, 0.5) is 8.78 Å². The van der Waals surface area contributed by atoms with Gasteiger partial charge in [0.05, 0.1) is 11.5 Å². The fourth-order valence-electron chi connectivity index (χ4n) is 7.05. The quantitative estimate of drug-likeness (QED) is 0.140. The molecule has 1 saturated heterocycles. The molecule has 8 heteroatoms. The molecule has 0 atom stereocenters. The van der Waals surface area contributed by atoms with E-state index in [9.17, 15) is 18.4 Å². The molecule has 1 aliphatic heterocycles. The van der Waals surface area contributed by atoms with Crippen LogP contribution in [0, 0.1) is 17.6 Å². The Bertz CT molecular complexity index is 2660. The lowest BCUT2D eigenvalue weighted by Gasteiger charge is -2.36. The van der Waals surface area contributed by atoms with Gasteiger partial charge in [-0.1, -0.05) is 91.0 Å². The first-order valence-electron chi connectivity index (χ1n) is 18.4. The van der Waals surface area contributed by atoms with E-state index in [4.69, 9.17) is 13.9 Å². The van der Waals surface area contributed by atoms with E-state index in [1.165, 1.54) is 40.5 Å². The molecule has 3 heterocycles. The number of halogens is 2. The maximum atomic E-state index is 14.7. The number of nitrogens with zero attached hydrogens (tertiary/aromatic N) is 1. The van der Waals surface area contributed by atoms with E-state index in [1.54, 1.807) is 12.1 Å². The molecule has 1 fully saturated rings. The Morgan fingerprint density at radius 2 is 1.14 bits per heavy atom. The fraction of sp³-hybridized carbons (Fsp3) is 0.125. The number of carboxylic acid groups (broad SMARTS) is 1. The molecule has 0 bridgehead atoms. The normalized spacial score (nSPS) is 13.0. The van der Waals surface area contributed by atoms with Crippen molar-refractivity contribution in [3.8, 4) is 22.6 Å². The van der Waals surface area contributed by atoms with Crippen molar-refractivity contribution >= 4 is 34.2 Å². The van der Waals surface area contributed by atoms with Crippen molar-refractivity contribution in [2.24, 2.45) is 5.92 Å². The highest BCUT2D eigenvalue weighted by atomic mass is 19.1. The summed E-state index contributed by atoms with van der Waals surface area (Å²) in [4.78, 5) is 23.6. The first kappa shape index (κ1) is 36.3. The number of benzene rings is 6. The predicted molar refractivity (Wildman–Crippen MR) is 214 cm³/mol. The number of rotatable bonds is 10. The zero-order chi connectivity index (χ0) is 38.6. The second-order valence-corrected chi connectivity index (χ2v) is 14.2. The van der Waals surface area contributed by atoms with Crippen LogP contribution in [0.25, 0.3) is 44.6 Å². The lowest BCUT2D eigenvalue weighted by molar-refractivity contribution is -0.147. The Labute approximate surface area is 322 Å². The van der Waals surface area contributed by atoms with Crippen LogP contribution in [0.3, 0.4) is 0 Å². The molecule has 0 amide bonds. The van der Waals surface area contributed by atoms with Crippen LogP contribution in [-0.4, -0.2) is 35.4 Å². The van der Waals surface area contributed by atoms with Crippen LogP contribution >= 0.6 is 0 Å². The van der Waals surface area contributed by atoms with Gasteiger partial charge in [-0.25, -0.2) is 8.78 Å². The molecular formula is C48H37F2NO5. The smallest absolute Gasteiger partial charge is 0.309 e. The number of hydrogen-bond acceptors (Lipinski definition) is 5. The minimum atomic E-state index is -0.788. The van der Waals surface area contributed by atoms with Gasteiger partial charge in [0.1, 0.15) is 34.3 Å². The summed E-state index contributed by atoms with van der Waals surface area (Å²) in [5, 5.41) is 10.9. The van der Waals surface area contributed by atoms with E-state index >= 15 is 0 Å². The fourth-order valence-corrected chi connectivity index (χ4v) is 7.05. The third-order valence-electron chi connectivity index (χ3n) is 10.1. The van der Waals surface area contributed by atoms with Crippen molar-refractivity contribution in [2.75, 3.05) is 13.1 Å². The first-order chi connectivity index (χ1) is 27.3. The summed E-state index contributed by atoms with van der Waals surface area (Å²) in [6.45, 7) is 1.34. The van der Waals surface area contributed by atoms with E-state index < -0.39 is 11.8 Å². The molecule has 0 aliphatic carbocycles. The number of aldehydes is 1. The van der Waals surface area contributed by atoms with Crippen LogP contribution in [-0.2, 0) is 24.2 Å². The van der Waals surface area contributed by atoms with Gasteiger partial charge in [-0.15, -0.1) is 0 Å². The van der Waals surface area contributed by atoms with Gasteiger partial charge in [-0.3, -0.25) is 14.5 Å². The van der Waals surface area contributed by atoms with Crippen molar-refractivity contribution in [2.45, 2.75) is 19.4 Å². The number of hydrogen-bond donors (Lipinski definition) is 1. The molecule has 2 aromatic heterocycles. The lowest BCUT2D eigenvalue weighted by atomic mass is 9.99. The highest BCUT2D eigenvalue weighted by molar-refractivity contribution is 5.85. The Hall–Kier alpha value is -6.64. The van der Waals surface area contributed by atoms with E-state index in [2.05, 4.69) is 42.5 Å². The lowest BCUT2D eigenvalue weighted by Crippen LogP contribution is -2.49. The number of carboxylic acids is 1. The number of furan rings is 2. The SMILES string of the molecule is O=C(O)C1CN(Cc2ccc(-c3cc4cc(Cc5ccccc5)ccc4o3)cc2F)C1.O=Cc1ccc(-c2cc3cc(Cc4ccccc4)ccc3o2)cc1F. The first-order valence-corrected chi connectivity index (χ1v) is 18.4. The van der Waals surface area contributed by atoms with Gasteiger partial charge >= 0.3 is 5.97 Å². The molecule has 0 radical (unpaired) electrons. The van der Waals surface area contributed by atoms with Crippen LogP contribution in [0.5, 0.6) is 0 Å². The highest BCUT2D eigenvalue weighted by Crippen LogP contribution is 2.32. The molecule has 6 aromatic carbocycles. The third-order valence-corrected chi connectivity index (χ3v) is 10.1. The number of carbonyl (C=O) groups excluding carboxylic acids is 1. The molecule has 9 rings (SSSR count). The number of carbonyl (C=O) groups is 2. The molecule has 0 spiro atoms. The molecule has 0 saturated carbocycles. The second-order valence-electron chi connectivity index (χ2n) is 14.2. The van der Waals surface area contributed by atoms with E-state index in [-0.39, 0.29) is 17.3 Å². The van der Waals surface area contributed by atoms with Crippen molar-refractivity contribution in [3.05, 3.63) is 191 Å². The molecule has 8 aromatic rings. The van der Waals surface area contributed by atoms with Crippen molar-refractivity contribution in [3.63, 3.8) is 0 Å². The second kappa shape index (κ2) is 16.0. The zero-order valence-corrected chi connectivity index (χ0v) is 30.3. The van der Waals surface area contributed by atoms with Crippen LogP contribution < -0.4 is 0 Å². The summed E-state index contributed by atoms with van der Waals surface area (Å²) in [7, 11) is 0. The van der Waals surface area contributed by atoms with Crippen LogP contribution in [0.2, 0.25) is 0 Å². The standard InChI is InChI=1S/C26H22FNO3.C22H15FO2/c27-23-12-19(7-8-20(23)14-28-15-22(16-28)26(29)30)25-13-21-11-18(6-9-24(21)31-25)10-17-4-2-1-3-5-17;23-20-12-17(7-8-18(20)14-24)22-13-19-11-16(6-9-21(19)25-22)10-15-4-2-1-3-5-15/h1-9,11-13,22H,10,14-16H2,(H,29,30);1-9,11-14H,10H2. The van der Waals surface area contributed by atoms with Gasteiger partial charge in [-0.2, -0.15) is 0 Å². The summed E-state index contributed by atoms with van der Waals surface area (Å²) in [5.74, 6) is -0.761. The van der Waals surface area contributed by atoms with Gasteiger partial charge in [0.25, 0.3) is 0 Å². The average Bonchev–Trinajstić information content (AvgIpc) is 3.82. The Balaban J connectivity index is 0.000000161. The molecule has 278 valence electrons. The summed E-state index contributed by atoms with van der Waals surface area (Å²) in [6.07, 6.45) is 2.20. The Morgan fingerprint density at radius 3 is 1.62 bits per heavy atom. The molecule has 6 nitrogen and oxygen atoms in total. The van der Waals surface area contributed by atoms with Crippen LogP contribution in [0.1, 0.15) is 38.2 Å². The summed E-state index contributed by atoms with van der Waals surface area (Å²) in [5.41, 5.74) is 8.33. The topological polar surface area (TPSA) is 83.9 Å². The minimum absolute atomic E-state index is 0.0463. The number of fused-ring (bicyclic) bond motifs is 2. The van der Waals surface area contributed by atoms with Gasteiger partial charge in [0, 0.05) is 47.1 Å². The highest BCUT2D eigenvalue weighted by Gasteiger charge is 2.32. The Kier molecular flexibility index (Phi) is 10.4. The van der Waals surface area contributed by atoms with E-state index in [1.807, 2.05) is 77.7 Å². The van der Waals surface area contributed by atoms with Crippen molar-refractivity contribution in [1.82, 2.24) is 4.90 Å². The predicted octanol–water partition coefficient (Wildman–Crippen LogP) is 11.0. The summed E-state index contributed by atoms with van der Waals surface area (Å²) >= 11 is 0. The molecule has 56 heavy (non-hydrogen) atoms. The van der Waals surface area contributed by atoms with E-state index in [0.717, 1.165) is 34.8 Å². The summed E-state index contributed by atoms with van der Waals surface area (Å²) in [6, 6.07) is 46.2. The van der Waals surface area contributed by atoms with Gasteiger partial charge in [0.2, 0.25) is 0 Å². The zero-order valence-electron chi connectivity index (χ0n) is 30.3. The van der Waals surface area contributed by atoms with Crippen molar-refractivity contribution in [1.29, 1.82) is 0 Å². The molecular weight excluding hydrogens is 709 g/mol.